The summed E-state index contributed by atoms with van der Waals surface area (Å²) in [4.78, 5) is 5.66. The molecule has 3 aromatic rings. The van der Waals surface area contributed by atoms with E-state index in [1.54, 1.807) is 23.1 Å². The number of aromatic nitrogens is 1. The van der Waals surface area contributed by atoms with Gasteiger partial charge in [0, 0.05) is 22.1 Å². The Labute approximate surface area is 136 Å². The van der Waals surface area contributed by atoms with Crippen LogP contribution in [0.15, 0.2) is 53.4 Å². The lowest BCUT2D eigenvalue weighted by Gasteiger charge is -2.08. The fourth-order valence-corrected chi connectivity index (χ4v) is 3.99. The molecule has 0 spiro atoms. The molecule has 1 heterocycles. The lowest BCUT2D eigenvalue weighted by atomic mass is 10.3. The first-order valence-corrected chi connectivity index (χ1v) is 8.79. The van der Waals surface area contributed by atoms with E-state index in [2.05, 4.69) is 11.1 Å². The van der Waals surface area contributed by atoms with Gasteiger partial charge in [-0.25, -0.2) is 4.98 Å². The Morgan fingerprint density at radius 3 is 2.67 bits per heavy atom. The number of rotatable bonds is 5. The van der Waals surface area contributed by atoms with Crippen LogP contribution in [0.2, 0.25) is 5.02 Å². The zero-order valence-electron chi connectivity index (χ0n) is 11.2. The van der Waals surface area contributed by atoms with Crippen molar-refractivity contribution in [3.63, 3.8) is 0 Å². The van der Waals surface area contributed by atoms with Gasteiger partial charge < -0.3 is 5.11 Å². The summed E-state index contributed by atoms with van der Waals surface area (Å²) < 4.78 is 1.17. The van der Waals surface area contributed by atoms with Crippen LogP contribution in [-0.2, 0) is 6.42 Å². The molecule has 2 nitrogen and oxygen atoms in total. The van der Waals surface area contributed by atoms with Gasteiger partial charge in [-0.2, -0.15) is 0 Å². The van der Waals surface area contributed by atoms with Crippen LogP contribution in [0.1, 0.15) is 5.01 Å². The highest BCUT2D eigenvalue weighted by molar-refractivity contribution is 7.99. The monoisotopic (exact) mass is 335 g/mol. The molecule has 1 unspecified atom stereocenters. The summed E-state index contributed by atoms with van der Waals surface area (Å²) in [6.45, 7) is 0. The van der Waals surface area contributed by atoms with Gasteiger partial charge in [0.2, 0.25) is 0 Å². The Kier molecular flexibility index (Phi) is 4.80. The van der Waals surface area contributed by atoms with Gasteiger partial charge in [-0.05, 0) is 36.4 Å². The van der Waals surface area contributed by atoms with E-state index in [1.807, 2.05) is 42.5 Å². The maximum absolute atomic E-state index is 10.2. The van der Waals surface area contributed by atoms with E-state index in [9.17, 15) is 5.11 Å². The van der Waals surface area contributed by atoms with Gasteiger partial charge in [-0.3, -0.25) is 0 Å². The molecule has 2 aromatic carbocycles. The first-order valence-electron chi connectivity index (χ1n) is 6.61. The SMILES string of the molecule is OC(CSc1ccc(Cl)cc1)Cc1nc2ccccc2s1. The van der Waals surface area contributed by atoms with Crippen molar-refractivity contribution >= 4 is 44.9 Å². The zero-order chi connectivity index (χ0) is 14.7. The van der Waals surface area contributed by atoms with Gasteiger partial charge >= 0.3 is 0 Å². The number of thiazole rings is 1. The number of aliphatic hydroxyl groups is 1. The molecular weight excluding hydrogens is 322 g/mol. The van der Waals surface area contributed by atoms with Crippen molar-refractivity contribution < 1.29 is 5.11 Å². The summed E-state index contributed by atoms with van der Waals surface area (Å²) >= 11 is 9.14. The molecule has 0 fully saturated rings. The van der Waals surface area contributed by atoms with Crippen molar-refractivity contribution in [1.29, 1.82) is 0 Å². The topological polar surface area (TPSA) is 33.1 Å². The normalized spacial score (nSPS) is 12.7. The summed E-state index contributed by atoms with van der Waals surface area (Å²) in [5, 5.41) is 11.9. The predicted molar refractivity (Wildman–Crippen MR) is 91.5 cm³/mol. The molecule has 1 aromatic heterocycles. The molecule has 0 amide bonds. The highest BCUT2D eigenvalue weighted by Crippen LogP contribution is 2.25. The predicted octanol–water partition coefficient (Wildman–Crippen LogP) is 4.65. The molecule has 0 saturated carbocycles. The van der Waals surface area contributed by atoms with E-state index in [4.69, 9.17) is 11.6 Å². The van der Waals surface area contributed by atoms with Crippen molar-refractivity contribution in [3.05, 3.63) is 58.6 Å². The molecule has 0 saturated heterocycles. The van der Waals surface area contributed by atoms with Gasteiger partial charge in [0.15, 0.2) is 0 Å². The first-order chi connectivity index (χ1) is 10.2. The molecule has 5 heteroatoms. The number of thioether (sulfide) groups is 1. The van der Waals surface area contributed by atoms with Crippen molar-refractivity contribution in [2.45, 2.75) is 17.4 Å². The van der Waals surface area contributed by atoms with E-state index in [1.165, 1.54) is 4.70 Å². The molecule has 1 N–H and O–H groups in total. The number of aliphatic hydroxyl groups excluding tert-OH is 1. The summed E-state index contributed by atoms with van der Waals surface area (Å²) in [6, 6.07) is 15.7. The molecule has 0 aliphatic rings. The minimum atomic E-state index is -0.397. The minimum Gasteiger partial charge on any atom is -0.392 e. The van der Waals surface area contributed by atoms with E-state index >= 15 is 0 Å². The Morgan fingerprint density at radius 2 is 1.90 bits per heavy atom. The van der Waals surface area contributed by atoms with Gasteiger partial charge in [-0.15, -0.1) is 23.1 Å². The van der Waals surface area contributed by atoms with Crippen LogP contribution in [0.25, 0.3) is 10.2 Å². The number of halogens is 1. The van der Waals surface area contributed by atoms with Crippen LogP contribution in [-0.4, -0.2) is 21.9 Å². The summed E-state index contributed by atoms with van der Waals surface area (Å²) in [7, 11) is 0. The summed E-state index contributed by atoms with van der Waals surface area (Å²) in [6.07, 6.45) is 0.200. The minimum absolute atomic E-state index is 0.397. The fourth-order valence-electron chi connectivity index (χ4n) is 1.99. The molecule has 3 rings (SSSR count). The molecule has 0 radical (unpaired) electrons. The molecule has 0 aliphatic heterocycles. The second-order valence-electron chi connectivity index (χ2n) is 4.70. The van der Waals surface area contributed by atoms with Crippen LogP contribution in [0.5, 0.6) is 0 Å². The number of benzene rings is 2. The van der Waals surface area contributed by atoms with Crippen molar-refractivity contribution in [2.75, 3.05) is 5.75 Å². The van der Waals surface area contributed by atoms with Crippen molar-refractivity contribution in [2.24, 2.45) is 0 Å². The van der Waals surface area contributed by atoms with Gasteiger partial charge in [-0.1, -0.05) is 23.7 Å². The van der Waals surface area contributed by atoms with E-state index in [0.717, 1.165) is 20.4 Å². The molecule has 1 atom stereocenters. The molecule has 0 aliphatic carbocycles. The highest BCUT2D eigenvalue weighted by Gasteiger charge is 2.10. The molecule has 21 heavy (non-hydrogen) atoms. The lowest BCUT2D eigenvalue weighted by molar-refractivity contribution is 0.200. The first kappa shape index (κ1) is 14.9. The summed E-state index contributed by atoms with van der Waals surface area (Å²) in [5.74, 6) is 0.650. The number of hydrogen-bond donors (Lipinski definition) is 1. The lowest BCUT2D eigenvalue weighted by Crippen LogP contribution is -2.13. The molecule has 0 bridgehead atoms. The smallest absolute Gasteiger partial charge is 0.0964 e. The Bertz CT molecular complexity index is 693. The standard InChI is InChI=1S/C16H14ClNOS2/c17-11-5-7-13(8-6-11)20-10-12(19)9-16-18-14-3-1-2-4-15(14)21-16/h1-8,12,19H,9-10H2. The fraction of sp³-hybridized carbons (Fsp3) is 0.188. The average molecular weight is 336 g/mol. The van der Waals surface area contributed by atoms with E-state index in [-0.39, 0.29) is 0 Å². The number of para-hydroxylation sites is 1. The van der Waals surface area contributed by atoms with Crippen molar-refractivity contribution in [3.8, 4) is 0 Å². The van der Waals surface area contributed by atoms with Crippen LogP contribution in [0, 0.1) is 0 Å². The third-order valence-corrected chi connectivity index (χ3v) is 5.47. The number of nitrogens with zero attached hydrogens (tertiary/aromatic N) is 1. The zero-order valence-corrected chi connectivity index (χ0v) is 13.6. The van der Waals surface area contributed by atoms with Crippen LogP contribution < -0.4 is 0 Å². The average Bonchev–Trinajstić information content (AvgIpc) is 2.88. The Hall–Kier alpha value is -1.07. The van der Waals surface area contributed by atoms with Gasteiger partial charge in [0.1, 0.15) is 0 Å². The quantitative estimate of drug-likeness (QED) is 0.689. The second-order valence-corrected chi connectivity index (χ2v) is 7.34. The molecular formula is C16H14ClNOS2. The molecule has 108 valence electrons. The van der Waals surface area contributed by atoms with E-state index < -0.39 is 6.10 Å². The maximum Gasteiger partial charge on any atom is 0.0964 e. The summed E-state index contributed by atoms with van der Waals surface area (Å²) in [5.41, 5.74) is 1.01. The maximum atomic E-state index is 10.2. The Morgan fingerprint density at radius 1 is 1.14 bits per heavy atom. The third-order valence-electron chi connectivity index (χ3n) is 3.00. The van der Waals surface area contributed by atoms with Gasteiger partial charge in [0.05, 0.1) is 21.3 Å². The van der Waals surface area contributed by atoms with Gasteiger partial charge in [0.25, 0.3) is 0 Å². The number of fused-ring (bicyclic) bond motifs is 1. The Balaban J connectivity index is 1.58. The van der Waals surface area contributed by atoms with Crippen LogP contribution in [0.4, 0.5) is 0 Å². The largest absolute Gasteiger partial charge is 0.392 e. The highest BCUT2D eigenvalue weighted by atomic mass is 35.5. The van der Waals surface area contributed by atoms with Crippen molar-refractivity contribution in [1.82, 2.24) is 4.98 Å². The van der Waals surface area contributed by atoms with Crippen LogP contribution >= 0.6 is 34.7 Å². The third kappa shape index (κ3) is 3.98. The second kappa shape index (κ2) is 6.79. The number of hydrogen-bond acceptors (Lipinski definition) is 4. The van der Waals surface area contributed by atoms with Crippen LogP contribution in [0.3, 0.4) is 0 Å². The van der Waals surface area contributed by atoms with E-state index in [0.29, 0.717) is 12.2 Å².